The minimum atomic E-state index is -1.07. The molecule has 4 aromatic rings. The summed E-state index contributed by atoms with van der Waals surface area (Å²) in [4.78, 5) is 43.1. The lowest BCUT2D eigenvalue weighted by Crippen LogP contribution is -2.54. The van der Waals surface area contributed by atoms with E-state index in [1.165, 1.54) is 4.90 Å². The molecule has 3 aliphatic carbocycles. The fourth-order valence-electron chi connectivity index (χ4n) is 7.05. The number of benzene rings is 4. The first-order valence-electron chi connectivity index (χ1n) is 13.8. The van der Waals surface area contributed by atoms with Crippen molar-refractivity contribution >= 4 is 29.6 Å². The molecule has 8 rings (SSSR count). The number of ether oxygens (including phenoxy) is 1. The monoisotopic (exact) mass is 541 g/mol. The molecule has 1 fully saturated rings. The van der Waals surface area contributed by atoms with Crippen LogP contribution in [0, 0.1) is 11.8 Å². The van der Waals surface area contributed by atoms with Crippen molar-refractivity contribution in [2.45, 2.75) is 18.3 Å². The summed E-state index contributed by atoms with van der Waals surface area (Å²) in [5.41, 5.74) is 6.33. The molecule has 1 heterocycles. The Bertz CT molecular complexity index is 1680. The van der Waals surface area contributed by atoms with E-state index in [4.69, 9.17) is 4.74 Å². The summed E-state index contributed by atoms with van der Waals surface area (Å²) < 4.78 is 5.83. The van der Waals surface area contributed by atoms with Crippen LogP contribution in [0.4, 0.5) is 5.69 Å². The molecule has 0 saturated carbocycles. The molecule has 4 aliphatic rings. The minimum Gasteiger partial charge on any atom is -0.492 e. The van der Waals surface area contributed by atoms with Crippen LogP contribution in [0.3, 0.4) is 0 Å². The van der Waals surface area contributed by atoms with Gasteiger partial charge in [-0.2, -0.15) is 5.10 Å². The van der Waals surface area contributed by atoms with E-state index in [1.807, 2.05) is 67.6 Å². The molecule has 1 aliphatic heterocycles. The second-order valence-corrected chi connectivity index (χ2v) is 10.5. The van der Waals surface area contributed by atoms with Gasteiger partial charge in [0.1, 0.15) is 5.75 Å². The highest BCUT2D eigenvalue weighted by atomic mass is 16.5. The second kappa shape index (κ2) is 9.55. The van der Waals surface area contributed by atoms with Gasteiger partial charge in [0.15, 0.2) is 0 Å². The van der Waals surface area contributed by atoms with Crippen LogP contribution in [0.15, 0.2) is 108 Å². The standard InChI is InChI=1S/C34H27N3O4/c1-2-41-27-19-11-10-18-26(27)37-32(39)29-28-22-14-6-8-16-24(22)34(30(29)33(37)40,25-17-9-7-15-23(25)28)20-35-36-31(38)21-12-4-3-5-13-21/h3-20,28-30H,2H2,1H3,(H,36,38)/b35-20-/t28?,29-,30-,34?/m1/s1. The average Bonchev–Trinajstić information content (AvgIpc) is 3.28. The number of hydrogen-bond acceptors (Lipinski definition) is 5. The van der Waals surface area contributed by atoms with Crippen molar-refractivity contribution < 1.29 is 19.1 Å². The highest BCUT2D eigenvalue weighted by Crippen LogP contribution is 2.63. The normalized spacial score (nSPS) is 23.7. The van der Waals surface area contributed by atoms with E-state index < -0.39 is 17.3 Å². The van der Waals surface area contributed by atoms with Crippen LogP contribution in [0.1, 0.15) is 45.5 Å². The maximum atomic E-state index is 14.5. The lowest BCUT2D eigenvalue weighted by Gasteiger charge is -2.52. The highest BCUT2D eigenvalue weighted by Gasteiger charge is 2.68. The van der Waals surface area contributed by atoms with Gasteiger partial charge in [0, 0.05) is 17.7 Å². The van der Waals surface area contributed by atoms with Crippen LogP contribution >= 0.6 is 0 Å². The predicted molar refractivity (Wildman–Crippen MR) is 155 cm³/mol. The zero-order valence-electron chi connectivity index (χ0n) is 22.4. The molecular formula is C34H27N3O4. The lowest BCUT2D eigenvalue weighted by molar-refractivity contribution is -0.122. The number of carbonyl (C=O) groups excluding carboxylic acids is 3. The van der Waals surface area contributed by atoms with Crippen molar-refractivity contribution in [3.63, 3.8) is 0 Å². The van der Waals surface area contributed by atoms with E-state index in [9.17, 15) is 14.4 Å². The van der Waals surface area contributed by atoms with Gasteiger partial charge in [0.05, 0.1) is 29.5 Å². The van der Waals surface area contributed by atoms with Crippen molar-refractivity contribution in [1.29, 1.82) is 0 Å². The van der Waals surface area contributed by atoms with Gasteiger partial charge in [-0.05, 0) is 53.4 Å². The smallest absolute Gasteiger partial charge is 0.271 e. The predicted octanol–water partition coefficient (Wildman–Crippen LogP) is 5.05. The SMILES string of the molecule is CCOc1ccccc1N1C(=O)[C@@H]2C3c4ccccc4C(/C=N\NC(=O)c4ccccc4)(c4ccccc43)[C@H]2C1=O. The number of imide groups is 1. The molecule has 3 amide bonds. The molecule has 0 spiro atoms. The fourth-order valence-corrected chi connectivity index (χ4v) is 7.05. The number of carbonyl (C=O) groups is 3. The first-order chi connectivity index (χ1) is 20.1. The number of hydrazone groups is 1. The molecule has 2 bridgehead atoms. The zero-order chi connectivity index (χ0) is 28.1. The molecule has 2 atom stereocenters. The molecule has 1 N–H and O–H groups in total. The summed E-state index contributed by atoms with van der Waals surface area (Å²) in [6.07, 6.45) is 1.67. The van der Waals surface area contributed by atoms with Crippen LogP contribution in [-0.2, 0) is 15.0 Å². The van der Waals surface area contributed by atoms with Crippen molar-refractivity contribution in [2.24, 2.45) is 16.9 Å². The molecule has 1 saturated heterocycles. The van der Waals surface area contributed by atoms with Crippen LogP contribution < -0.4 is 15.1 Å². The Hall–Kier alpha value is -5.04. The van der Waals surface area contributed by atoms with Crippen LogP contribution in [0.25, 0.3) is 0 Å². The first-order valence-corrected chi connectivity index (χ1v) is 13.8. The maximum absolute atomic E-state index is 14.5. The summed E-state index contributed by atoms with van der Waals surface area (Å²) in [5.74, 6) is -2.12. The third-order valence-electron chi connectivity index (χ3n) is 8.56. The number of nitrogens with one attached hydrogen (secondary N) is 1. The number of rotatable bonds is 6. The van der Waals surface area contributed by atoms with Crippen LogP contribution in [-0.4, -0.2) is 30.5 Å². The van der Waals surface area contributed by atoms with Gasteiger partial charge in [-0.3, -0.25) is 14.4 Å². The summed E-state index contributed by atoms with van der Waals surface area (Å²) in [5, 5.41) is 4.47. The third-order valence-corrected chi connectivity index (χ3v) is 8.56. The Labute approximate surface area is 237 Å². The second-order valence-electron chi connectivity index (χ2n) is 10.5. The van der Waals surface area contributed by atoms with Gasteiger partial charge in [-0.25, -0.2) is 10.3 Å². The summed E-state index contributed by atoms with van der Waals surface area (Å²) in [6, 6.07) is 31.9. The molecule has 0 aromatic heterocycles. The van der Waals surface area contributed by atoms with Gasteiger partial charge in [0.25, 0.3) is 5.91 Å². The summed E-state index contributed by atoms with van der Waals surface area (Å²) >= 11 is 0. The van der Waals surface area contributed by atoms with Crippen LogP contribution in [0.5, 0.6) is 5.75 Å². The van der Waals surface area contributed by atoms with Crippen LogP contribution in [0.2, 0.25) is 0 Å². The number of anilines is 1. The summed E-state index contributed by atoms with van der Waals surface area (Å²) in [7, 11) is 0. The minimum absolute atomic E-state index is 0.257. The topological polar surface area (TPSA) is 88.1 Å². The van der Waals surface area contributed by atoms with Crippen molar-refractivity contribution in [3.8, 4) is 5.75 Å². The first kappa shape index (κ1) is 25.0. The highest BCUT2D eigenvalue weighted by molar-refractivity contribution is 6.25. The lowest BCUT2D eigenvalue weighted by atomic mass is 9.47. The van der Waals surface area contributed by atoms with Crippen molar-refractivity contribution in [2.75, 3.05) is 11.5 Å². The van der Waals surface area contributed by atoms with E-state index in [0.29, 0.717) is 23.6 Å². The van der Waals surface area contributed by atoms with E-state index in [-0.39, 0.29) is 23.6 Å². The number of hydrogen-bond donors (Lipinski definition) is 1. The molecule has 7 nitrogen and oxygen atoms in total. The largest absolute Gasteiger partial charge is 0.492 e. The Morgan fingerprint density at radius 3 is 2.15 bits per heavy atom. The zero-order valence-corrected chi connectivity index (χ0v) is 22.4. The van der Waals surface area contributed by atoms with Gasteiger partial charge in [-0.15, -0.1) is 0 Å². The Morgan fingerprint density at radius 1 is 0.854 bits per heavy atom. The van der Waals surface area contributed by atoms with E-state index in [1.54, 1.807) is 48.7 Å². The molecule has 4 aromatic carbocycles. The molecule has 7 heteroatoms. The van der Waals surface area contributed by atoms with E-state index in [0.717, 1.165) is 22.3 Å². The number of amides is 3. The van der Waals surface area contributed by atoms with Gasteiger partial charge >= 0.3 is 0 Å². The number of nitrogens with zero attached hydrogens (tertiary/aromatic N) is 2. The third kappa shape index (κ3) is 3.51. The van der Waals surface area contributed by atoms with Gasteiger partial charge < -0.3 is 4.74 Å². The molecular weight excluding hydrogens is 514 g/mol. The number of para-hydroxylation sites is 2. The van der Waals surface area contributed by atoms with Crippen molar-refractivity contribution in [3.05, 3.63) is 131 Å². The molecule has 0 radical (unpaired) electrons. The Kier molecular flexibility index (Phi) is 5.82. The quantitative estimate of drug-likeness (QED) is 0.210. The van der Waals surface area contributed by atoms with Gasteiger partial charge in [0.2, 0.25) is 11.8 Å². The Morgan fingerprint density at radius 2 is 1.46 bits per heavy atom. The molecule has 41 heavy (non-hydrogen) atoms. The fraction of sp³-hybridized carbons (Fsp3) is 0.176. The van der Waals surface area contributed by atoms with Gasteiger partial charge in [-0.1, -0.05) is 78.9 Å². The van der Waals surface area contributed by atoms with E-state index >= 15 is 0 Å². The average molecular weight is 542 g/mol. The Balaban J connectivity index is 1.41. The maximum Gasteiger partial charge on any atom is 0.271 e. The molecule has 0 unspecified atom stereocenters. The van der Waals surface area contributed by atoms with E-state index in [2.05, 4.69) is 10.5 Å². The summed E-state index contributed by atoms with van der Waals surface area (Å²) in [6.45, 7) is 2.27. The molecule has 202 valence electrons. The van der Waals surface area contributed by atoms with Crippen molar-refractivity contribution in [1.82, 2.24) is 5.43 Å².